The molecule has 0 aliphatic rings. The van der Waals surface area contributed by atoms with Gasteiger partial charge in [-0.25, -0.2) is 9.37 Å². The van der Waals surface area contributed by atoms with Crippen LogP contribution >= 0.6 is 0 Å². The molecule has 0 spiro atoms. The summed E-state index contributed by atoms with van der Waals surface area (Å²) in [7, 11) is 0. The lowest BCUT2D eigenvalue weighted by molar-refractivity contribution is 0.169. The molecule has 4 heteroatoms. The first-order valence-electron chi connectivity index (χ1n) is 6.06. The summed E-state index contributed by atoms with van der Waals surface area (Å²) < 4.78 is 15.8. The van der Waals surface area contributed by atoms with Crippen molar-refractivity contribution in [3.05, 3.63) is 53.4 Å². The molecular weight excluding hydrogens is 231 g/mol. The van der Waals surface area contributed by atoms with Crippen LogP contribution in [0.2, 0.25) is 0 Å². The number of aliphatic hydroxyl groups excluding tert-OH is 1. The molecule has 0 fully saturated rings. The molecule has 0 radical (unpaired) electrons. The third-order valence-corrected chi connectivity index (χ3v) is 3.10. The van der Waals surface area contributed by atoms with Gasteiger partial charge in [0.05, 0.1) is 6.10 Å². The quantitative estimate of drug-likeness (QED) is 0.903. The van der Waals surface area contributed by atoms with E-state index in [0.717, 1.165) is 12.4 Å². The Kier molecular flexibility index (Phi) is 3.77. The molecular formula is C14H17FN2O. The summed E-state index contributed by atoms with van der Waals surface area (Å²) in [5.41, 5.74) is 0.881. The number of hydrogen-bond acceptors (Lipinski definition) is 2. The van der Waals surface area contributed by atoms with E-state index < -0.39 is 6.10 Å². The highest BCUT2D eigenvalue weighted by Crippen LogP contribution is 2.22. The number of hydrogen-bond donors (Lipinski definition) is 1. The van der Waals surface area contributed by atoms with Crippen molar-refractivity contribution >= 4 is 0 Å². The van der Waals surface area contributed by atoms with Crippen molar-refractivity contribution in [2.24, 2.45) is 0 Å². The van der Waals surface area contributed by atoms with Crippen LogP contribution in [0.25, 0.3) is 0 Å². The maximum atomic E-state index is 13.9. The van der Waals surface area contributed by atoms with E-state index in [1.165, 1.54) is 0 Å². The van der Waals surface area contributed by atoms with Crippen molar-refractivity contribution in [1.29, 1.82) is 0 Å². The standard InChI is InChI=1S/C14H17FN2O/c1-3-17-8-7-16-13(17)9-12(18)11-6-4-5-10(2)14(11)15/h4-8,12,18H,3,9H2,1-2H3. The molecule has 1 aromatic carbocycles. The largest absolute Gasteiger partial charge is 0.388 e. The zero-order valence-corrected chi connectivity index (χ0v) is 10.6. The van der Waals surface area contributed by atoms with Crippen molar-refractivity contribution in [3.63, 3.8) is 0 Å². The van der Waals surface area contributed by atoms with Gasteiger partial charge in [0.2, 0.25) is 0 Å². The van der Waals surface area contributed by atoms with E-state index in [1.54, 1.807) is 31.3 Å². The van der Waals surface area contributed by atoms with Gasteiger partial charge in [-0.1, -0.05) is 18.2 Å². The fourth-order valence-corrected chi connectivity index (χ4v) is 2.03. The van der Waals surface area contributed by atoms with Crippen LogP contribution in [-0.4, -0.2) is 14.7 Å². The molecule has 2 aromatic rings. The number of rotatable bonds is 4. The Morgan fingerprint density at radius 1 is 1.44 bits per heavy atom. The van der Waals surface area contributed by atoms with Gasteiger partial charge >= 0.3 is 0 Å². The zero-order chi connectivity index (χ0) is 13.1. The third kappa shape index (κ3) is 2.43. The molecule has 1 heterocycles. The van der Waals surface area contributed by atoms with Crippen molar-refractivity contribution in [3.8, 4) is 0 Å². The monoisotopic (exact) mass is 248 g/mol. The Morgan fingerprint density at radius 2 is 2.22 bits per heavy atom. The summed E-state index contributed by atoms with van der Waals surface area (Å²) >= 11 is 0. The second kappa shape index (κ2) is 5.31. The Morgan fingerprint density at radius 3 is 2.94 bits per heavy atom. The summed E-state index contributed by atoms with van der Waals surface area (Å²) in [5.74, 6) is 0.436. The maximum Gasteiger partial charge on any atom is 0.131 e. The first-order valence-corrected chi connectivity index (χ1v) is 6.06. The minimum absolute atomic E-state index is 0.321. The lowest BCUT2D eigenvalue weighted by Crippen LogP contribution is -2.10. The maximum absolute atomic E-state index is 13.9. The van der Waals surface area contributed by atoms with Gasteiger partial charge in [-0.3, -0.25) is 0 Å². The van der Waals surface area contributed by atoms with Crippen molar-refractivity contribution in [1.82, 2.24) is 9.55 Å². The number of aliphatic hydroxyl groups is 1. The number of imidazole rings is 1. The molecule has 1 aromatic heterocycles. The van der Waals surface area contributed by atoms with E-state index in [0.29, 0.717) is 17.5 Å². The van der Waals surface area contributed by atoms with Gasteiger partial charge in [0, 0.05) is 30.9 Å². The van der Waals surface area contributed by atoms with Gasteiger partial charge in [0.1, 0.15) is 11.6 Å². The molecule has 1 unspecified atom stereocenters. The van der Waals surface area contributed by atoms with Gasteiger partial charge in [0.15, 0.2) is 0 Å². The Labute approximate surface area is 106 Å². The molecule has 0 saturated carbocycles. The fourth-order valence-electron chi connectivity index (χ4n) is 2.03. The molecule has 96 valence electrons. The lowest BCUT2D eigenvalue weighted by atomic mass is 10.0. The van der Waals surface area contributed by atoms with Gasteiger partial charge in [-0.2, -0.15) is 0 Å². The van der Waals surface area contributed by atoms with Crippen molar-refractivity contribution in [2.45, 2.75) is 32.9 Å². The number of nitrogens with zero attached hydrogens (tertiary/aromatic N) is 2. The second-order valence-electron chi connectivity index (χ2n) is 4.33. The van der Waals surface area contributed by atoms with E-state index in [4.69, 9.17) is 0 Å². The van der Waals surface area contributed by atoms with Gasteiger partial charge in [0.25, 0.3) is 0 Å². The molecule has 2 rings (SSSR count). The van der Waals surface area contributed by atoms with E-state index in [-0.39, 0.29) is 5.82 Å². The van der Waals surface area contributed by atoms with Crippen LogP contribution in [0.5, 0.6) is 0 Å². The molecule has 18 heavy (non-hydrogen) atoms. The normalized spacial score (nSPS) is 12.7. The van der Waals surface area contributed by atoms with Crippen molar-refractivity contribution in [2.75, 3.05) is 0 Å². The Balaban J connectivity index is 2.22. The minimum atomic E-state index is -0.863. The van der Waals surface area contributed by atoms with Crippen LogP contribution in [0.4, 0.5) is 4.39 Å². The van der Waals surface area contributed by atoms with Crippen LogP contribution in [-0.2, 0) is 13.0 Å². The lowest BCUT2D eigenvalue weighted by Gasteiger charge is -2.13. The highest BCUT2D eigenvalue weighted by molar-refractivity contribution is 5.27. The molecule has 0 aliphatic carbocycles. The van der Waals surface area contributed by atoms with E-state index in [1.807, 2.05) is 17.7 Å². The topological polar surface area (TPSA) is 38.0 Å². The van der Waals surface area contributed by atoms with Crippen LogP contribution in [0, 0.1) is 12.7 Å². The highest BCUT2D eigenvalue weighted by Gasteiger charge is 2.16. The van der Waals surface area contributed by atoms with Gasteiger partial charge in [-0.05, 0) is 19.4 Å². The first-order chi connectivity index (χ1) is 8.63. The molecule has 0 aliphatic heterocycles. The predicted molar refractivity (Wildman–Crippen MR) is 67.7 cm³/mol. The Hall–Kier alpha value is -1.68. The summed E-state index contributed by atoms with van der Waals surface area (Å²) in [6.45, 7) is 4.49. The number of aromatic nitrogens is 2. The summed E-state index contributed by atoms with van der Waals surface area (Å²) in [6.07, 6.45) is 3.01. The highest BCUT2D eigenvalue weighted by atomic mass is 19.1. The molecule has 1 atom stereocenters. The summed E-state index contributed by atoms with van der Waals surface area (Å²) in [5, 5.41) is 10.1. The smallest absolute Gasteiger partial charge is 0.131 e. The SMILES string of the molecule is CCn1ccnc1CC(O)c1cccc(C)c1F. The second-order valence-corrected chi connectivity index (χ2v) is 4.33. The molecule has 0 saturated heterocycles. The van der Waals surface area contributed by atoms with Gasteiger partial charge < -0.3 is 9.67 Å². The van der Waals surface area contributed by atoms with E-state index in [2.05, 4.69) is 4.98 Å². The predicted octanol–water partition coefficient (Wildman–Crippen LogP) is 2.63. The molecule has 0 amide bonds. The first kappa shape index (κ1) is 12.8. The van der Waals surface area contributed by atoms with E-state index >= 15 is 0 Å². The molecule has 1 N–H and O–H groups in total. The zero-order valence-electron chi connectivity index (χ0n) is 10.6. The van der Waals surface area contributed by atoms with Crippen LogP contribution in [0.15, 0.2) is 30.6 Å². The Bertz CT molecular complexity index is 536. The number of benzene rings is 1. The average Bonchev–Trinajstić information content (AvgIpc) is 2.79. The van der Waals surface area contributed by atoms with Crippen LogP contribution < -0.4 is 0 Å². The molecule has 0 bridgehead atoms. The average molecular weight is 248 g/mol. The molecule has 3 nitrogen and oxygen atoms in total. The number of aryl methyl sites for hydroxylation is 2. The van der Waals surface area contributed by atoms with Gasteiger partial charge in [-0.15, -0.1) is 0 Å². The summed E-state index contributed by atoms with van der Waals surface area (Å²) in [6, 6.07) is 5.06. The summed E-state index contributed by atoms with van der Waals surface area (Å²) in [4.78, 5) is 4.19. The van der Waals surface area contributed by atoms with Crippen molar-refractivity contribution < 1.29 is 9.50 Å². The van der Waals surface area contributed by atoms with E-state index in [9.17, 15) is 9.50 Å². The minimum Gasteiger partial charge on any atom is -0.388 e. The van der Waals surface area contributed by atoms with Crippen LogP contribution in [0.1, 0.15) is 30.0 Å². The van der Waals surface area contributed by atoms with Crippen LogP contribution in [0.3, 0.4) is 0 Å². The third-order valence-electron chi connectivity index (χ3n) is 3.10. The number of halogens is 1. The fraction of sp³-hybridized carbons (Fsp3) is 0.357.